The Morgan fingerprint density at radius 2 is 0.784 bits per heavy atom. The highest BCUT2D eigenvalue weighted by atomic mass is 32.2. The molecule has 74 heavy (non-hydrogen) atoms. The molecule has 6 nitrogen and oxygen atoms in total. The molecule has 8 aromatic carbocycles. The van der Waals surface area contributed by atoms with Crippen molar-refractivity contribution in [2.45, 2.75) is 127 Å². The molecule has 3 aromatic heterocycles. The molecule has 0 atom stereocenters. The summed E-state index contributed by atoms with van der Waals surface area (Å²) in [6.07, 6.45) is 17.3. The van der Waals surface area contributed by atoms with Gasteiger partial charge in [-0.1, -0.05) is 139 Å². The largest absolute Gasteiger partial charge is 0.308 e. The summed E-state index contributed by atoms with van der Waals surface area (Å²) in [6.45, 7) is 6.82. The number of unbranched alkanes of at least 4 members (excludes halogenated alkanes) is 9. The predicted molar refractivity (Wildman–Crippen MR) is 310 cm³/mol. The van der Waals surface area contributed by atoms with E-state index in [0.717, 1.165) is 72.1 Å². The molecule has 0 spiro atoms. The fourth-order valence-electron chi connectivity index (χ4n) is 11.8. The first-order valence-electron chi connectivity index (χ1n) is 27.3. The topological polar surface area (TPSA) is 72.7 Å². The molecule has 0 N–H and O–H groups in total. The Bertz CT molecular complexity index is 3910. The van der Waals surface area contributed by atoms with E-state index < -0.39 is 9.84 Å². The normalized spacial score (nSPS) is 12.1. The van der Waals surface area contributed by atoms with Crippen molar-refractivity contribution in [3.8, 4) is 23.1 Å². The monoisotopic (exact) mass is 990 g/mol. The number of aryl methyl sites for hydroxylation is 3. The lowest BCUT2D eigenvalue weighted by Gasteiger charge is -2.14. The van der Waals surface area contributed by atoms with E-state index in [4.69, 9.17) is 0 Å². The first-order chi connectivity index (χ1) is 36.3. The van der Waals surface area contributed by atoms with Gasteiger partial charge in [0.05, 0.1) is 54.5 Å². The second kappa shape index (κ2) is 21.2. The van der Waals surface area contributed by atoms with Crippen LogP contribution in [0.3, 0.4) is 0 Å². The number of benzene rings is 8. The van der Waals surface area contributed by atoms with Crippen LogP contribution in [0.5, 0.6) is 0 Å². The molecule has 0 aliphatic carbocycles. The lowest BCUT2D eigenvalue weighted by Crippen LogP contribution is -2.03. The van der Waals surface area contributed by atoms with Gasteiger partial charge in [-0.2, -0.15) is 5.26 Å². The molecule has 7 heteroatoms. The molecule has 3 heterocycles. The van der Waals surface area contributed by atoms with Gasteiger partial charge in [-0.05, 0) is 158 Å². The molecular weight excluding hydrogens is 925 g/mol. The Labute approximate surface area is 436 Å². The van der Waals surface area contributed by atoms with Crippen molar-refractivity contribution < 1.29 is 8.42 Å². The molecule has 0 saturated heterocycles. The number of nitriles is 1. The van der Waals surface area contributed by atoms with Gasteiger partial charge in [-0.3, -0.25) is 0 Å². The molecule has 0 amide bonds. The number of rotatable bonds is 20. The number of sulfone groups is 1. The number of hydrogen-bond acceptors (Lipinski definition) is 3. The molecule has 0 radical (unpaired) electrons. The highest BCUT2D eigenvalue weighted by Crippen LogP contribution is 2.51. The fourth-order valence-corrected chi connectivity index (χ4v) is 13.1. The van der Waals surface area contributed by atoms with E-state index in [2.05, 4.69) is 156 Å². The van der Waals surface area contributed by atoms with Crippen molar-refractivity contribution in [2.24, 2.45) is 0 Å². The van der Waals surface area contributed by atoms with Crippen molar-refractivity contribution in [2.75, 3.05) is 0 Å². The van der Waals surface area contributed by atoms with E-state index in [1.165, 1.54) is 129 Å². The summed E-state index contributed by atoms with van der Waals surface area (Å²) in [4.78, 5) is 0.288. The van der Waals surface area contributed by atoms with E-state index in [9.17, 15) is 13.7 Å². The molecule has 0 bridgehead atoms. The summed E-state index contributed by atoms with van der Waals surface area (Å²) in [6, 6.07) is 59.2. The maximum absolute atomic E-state index is 14.3. The predicted octanol–water partition coefficient (Wildman–Crippen LogP) is 18.1. The molecule has 11 rings (SSSR count). The van der Waals surface area contributed by atoms with Crippen molar-refractivity contribution in [3.63, 3.8) is 0 Å². The molecular formula is C67H66N4O2S. The third kappa shape index (κ3) is 8.87. The van der Waals surface area contributed by atoms with E-state index in [1.54, 1.807) is 30.3 Å². The number of aromatic nitrogens is 3. The van der Waals surface area contributed by atoms with E-state index >= 15 is 0 Å². The lowest BCUT2D eigenvalue weighted by molar-refractivity contribution is 0.596. The minimum atomic E-state index is -3.93. The zero-order valence-corrected chi connectivity index (χ0v) is 44.0. The summed E-state index contributed by atoms with van der Waals surface area (Å²) in [7, 11) is -3.93. The highest BCUT2D eigenvalue weighted by molar-refractivity contribution is 7.91. The van der Waals surface area contributed by atoms with Crippen LogP contribution < -0.4 is 0 Å². The molecule has 0 saturated carbocycles. The average molecular weight is 991 g/mol. The Kier molecular flexibility index (Phi) is 14.0. The summed E-state index contributed by atoms with van der Waals surface area (Å²) in [5.74, 6) is 0. The Balaban J connectivity index is 1.32. The zero-order valence-electron chi connectivity index (χ0n) is 43.2. The van der Waals surface area contributed by atoms with Gasteiger partial charge in [0.2, 0.25) is 9.84 Å². The van der Waals surface area contributed by atoms with Crippen molar-refractivity contribution in [1.82, 2.24) is 13.7 Å². The second-order valence-electron chi connectivity index (χ2n) is 20.5. The number of nitrogens with zero attached hydrogens (tertiary/aromatic N) is 4. The second-order valence-corrected chi connectivity index (χ2v) is 22.4. The zero-order chi connectivity index (χ0) is 50.8. The van der Waals surface area contributed by atoms with Gasteiger partial charge in [-0.15, -0.1) is 0 Å². The van der Waals surface area contributed by atoms with Gasteiger partial charge in [0.15, 0.2) is 0 Å². The number of para-hydroxylation sites is 2. The van der Waals surface area contributed by atoms with Crippen LogP contribution in [-0.4, -0.2) is 22.1 Å². The summed E-state index contributed by atoms with van der Waals surface area (Å²) >= 11 is 0. The van der Waals surface area contributed by atoms with Crippen LogP contribution in [0.25, 0.3) is 82.5 Å². The number of hydrogen-bond donors (Lipinski definition) is 0. The van der Waals surface area contributed by atoms with Crippen LogP contribution in [-0.2, 0) is 29.1 Å². The smallest absolute Gasteiger partial charge is 0.206 e. The maximum atomic E-state index is 14.3. The summed E-state index contributed by atoms with van der Waals surface area (Å²) in [5.41, 5.74) is 14.2. The molecule has 0 unspecified atom stereocenters. The Morgan fingerprint density at radius 1 is 0.392 bits per heavy atom. The van der Waals surface area contributed by atoms with Crippen LogP contribution in [0.15, 0.2) is 174 Å². The Hall–Kier alpha value is -7.40. The van der Waals surface area contributed by atoms with Crippen molar-refractivity contribution >= 4 is 75.3 Å². The first-order valence-corrected chi connectivity index (χ1v) is 28.8. The van der Waals surface area contributed by atoms with Crippen LogP contribution in [0.2, 0.25) is 0 Å². The van der Waals surface area contributed by atoms with E-state index in [-0.39, 0.29) is 9.79 Å². The standard InChI is InChI=1S/C67H66N4O2S/c1-4-7-10-15-23-47-32-39-59-56(43-47)62-65-63(57-44-48(24-16-11-8-5-2)33-40-60(57)70(65)52-29-20-14-21-30-52)67-64(66(62)69(59)51-27-18-13-19-28-51)58-45-49(25-17-12-9-6-3)34-41-61(58)71(67)53-35-37-54(38-36-53)74(72,73)55-31-22-26-50(42-55)46-68/h13-14,18-22,26-45H,4-12,15-17,23-25H2,1-3H3. The van der Waals surface area contributed by atoms with Crippen LogP contribution in [0, 0.1) is 11.3 Å². The van der Waals surface area contributed by atoms with Gasteiger partial charge in [0.25, 0.3) is 0 Å². The van der Waals surface area contributed by atoms with E-state index in [1.807, 2.05) is 12.1 Å². The third-order valence-electron chi connectivity index (χ3n) is 15.5. The fraction of sp³-hybridized carbons (Fsp3) is 0.269. The summed E-state index contributed by atoms with van der Waals surface area (Å²) < 4.78 is 36.1. The summed E-state index contributed by atoms with van der Waals surface area (Å²) in [5, 5.41) is 16.9. The van der Waals surface area contributed by atoms with Gasteiger partial charge in [-0.25, -0.2) is 8.42 Å². The SMILES string of the molecule is CCCCCCc1ccc2c(c1)c1c(c3c4cc(CCCCCC)ccc4n(-c4ccc(S(=O)(=O)c5cccc(C#N)c5)cc4)c3c3c4cc(CCCCCC)ccc4n(-c4ccccc4)c13)n2-c1ccccc1. The van der Waals surface area contributed by atoms with Crippen molar-refractivity contribution in [3.05, 3.63) is 186 Å². The molecule has 372 valence electrons. The molecule has 11 aromatic rings. The van der Waals surface area contributed by atoms with Gasteiger partial charge >= 0.3 is 0 Å². The maximum Gasteiger partial charge on any atom is 0.206 e. The number of fused-ring (bicyclic) bond motifs is 12. The van der Waals surface area contributed by atoms with Gasteiger partial charge in [0, 0.05) is 49.4 Å². The van der Waals surface area contributed by atoms with Crippen LogP contribution >= 0.6 is 0 Å². The van der Waals surface area contributed by atoms with Gasteiger partial charge < -0.3 is 13.7 Å². The van der Waals surface area contributed by atoms with Gasteiger partial charge in [0.1, 0.15) is 0 Å². The van der Waals surface area contributed by atoms with Crippen LogP contribution in [0.1, 0.15) is 120 Å². The van der Waals surface area contributed by atoms with Crippen LogP contribution in [0.4, 0.5) is 0 Å². The minimum Gasteiger partial charge on any atom is -0.308 e. The highest BCUT2D eigenvalue weighted by Gasteiger charge is 2.30. The first kappa shape index (κ1) is 48.8. The van der Waals surface area contributed by atoms with E-state index in [0.29, 0.717) is 5.56 Å². The molecule has 0 aliphatic rings. The molecule has 0 aliphatic heterocycles. The van der Waals surface area contributed by atoms with Crippen molar-refractivity contribution in [1.29, 1.82) is 5.26 Å². The molecule has 0 fully saturated rings. The quantitative estimate of drug-likeness (QED) is 0.0714. The minimum absolute atomic E-state index is 0.105. The average Bonchev–Trinajstić information content (AvgIpc) is 4.08. The lowest BCUT2D eigenvalue weighted by atomic mass is 9.98. The third-order valence-corrected chi connectivity index (χ3v) is 17.2. The Morgan fingerprint density at radius 3 is 1.16 bits per heavy atom.